The summed E-state index contributed by atoms with van der Waals surface area (Å²) in [6.45, 7) is 2.00. The number of aromatic hydroxyl groups is 1. The fraction of sp³-hybridized carbons (Fsp3) is 0.269. The molecule has 1 heterocycles. The normalized spacial score (nSPS) is 15.0. The molecule has 34 heavy (non-hydrogen) atoms. The maximum Gasteiger partial charge on any atom is 0.271 e. The second-order valence-electron chi connectivity index (χ2n) is 8.55. The lowest BCUT2D eigenvalue weighted by molar-refractivity contribution is -0.121. The summed E-state index contributed by atoms with van der Waals surface area (Å²) in [5.74, 6) is -0.501. The van der Waals surface area contributed by atoms with E-state index in [-0.39, 0.29) is 28.3 Å². The molecule has 0 unspecified atom stereocenters. The second-order valence-corrected chi connectivity index (χ2v) is 8.95. The third-order valence-corrected chi connectivity index (χ3v) is 6.37. The van der Waals surface area contributed by atoms with Gasteiger partial charge in [0.05, 0.1) is 17.7 Å². The zero-order valence-electron chi connectivity index (χ0n) is 18.9. The van der Waals surface area contributed by atoms with E-state index in [9.17, 15) is 14.7 Å². The number of phenolic OH excluding ortho intramolecular Hbond substituents is 1. The van der Waals surface area contributed by atoms with Crippen molar-refractivity contribution in [3.8, 4) is 5.75 Å². The molecule has 0 radical (unpaired) electrons. The molecule has 4 rings (SSSR count). The minimum atomic E-state index is -0.440. The molecule has 0 aromatic heterocycles. The Labute approximate surface area is 203 Å². The van der Waals surface area contributed by atoms with E-state index in [0.29, 0.717) is 6.42 Å². The molecule has 0 spiro atoms. The number of carbonyl (C=O) groups excluding carboxylic acids is 2. The number of nitrogens with one attached hydrogen (secondary N) is 2. The highest BCUT2D eigenvalue weighted by Crippen LogP contribution is 2.24. The van der Waals surface area contributed by atoms with Crippen molar-refractivity contribution < 1.29 is 14.7 Å². The monoisotopic (exact) mass is 478 g/mol. The Morgan fingerprint density at radius 3 is 2.59 bits per heavy atom. The summed E-state index contributed by atoms with van der Waals surface area (Å²) in [4.78, 5) is 27.3. The number of piperidine rings is 1. The van der Waals surface area contributed by atoms with Gasteiger partial charge in [0.15, 0.2) is 0 Å². The molecule has 3 aromatic carbocycles. The topological polar surface area (TPSA) is 94.0 Å². The van der Waals surface area contributed by atoms with Crippen LogP contribution in [0.15, 0.2) is 59.7 Å². The van der Waals surface area contributed by atoms with Crippen LogP contribution in [0.5, 0.6) is 5.75 Å². The second kappa shape index (κ2) is 10.7. The van der Waals surface area contributed by atoms with Crippen LogP contribution in [-0.2, 0) is 11.2 Å². The van der Waals surface area contributed by atoms with Gasteiger partial charge in [-0.3, -0.25) is 9.59 Å². The van der Waals surface area contributed by atoms with Gasteiger partial charge in [-0.15, -0.1) is 0 Å². The van der Waals surface area contributed by atoms with E-state index in [4.69, 9.17) is 11.6 Å². The first kappa shape index (κ1) is 23.7. The van der Waals surface area contributed by atoms with Gasteiger partial charge in [0.2, 0.25) is 5.91 Å². The van der Waals surface area contributed by atoms with Crippen LogP contribution in [0, 0.1) is 0 Å². The van der Waals surface area contributed by atoms with E-state index in [0.717, 1.165) is 47.8 Å². The molecule has 8 heteroatoms. The number of carbonyl (C=O) groups is 2. The summed E-state index contributed by atoms with van der Waals surface area (Å²) in [6, 6.07) is 16.1. The number of hydrazone groups is 1. The Morgan fingerprint density at radius 2 is 1.85 bits per heavy atom. The number of nitrogens with zero attached hydrogens (tertiary/aromatic N) is 2. The molecule has 3 N–H and O–H groups in total. The molecule has 7 nitrogen and oxygen atoms in total. The van der Waals surface area contributed by atoms with Crippen molar-refractivity contribution in [1.82, 2.24) is 15.6 Å². The molecule has 1 aliphatic rings. The van der Waals surface area contributed by atoms with Crippen LogP contribution < -0.4 is 10.7 Å². The first-order valence-electron chi connectivity index (χ1n) is 11.2. The van der Waals surface area contributed by atoms with Crippen molar-refractivity contribution in [2.45, 2.75) is 25.3 Å². The zero-order chi connectivity index (χ0) is 24.1. The van der Waals surface area contributed by atoms with E-state index in [2.05, 4.69) is 27.8 Å². The van der Waals surface area contributed by atoms with Gasteiger partial charge in [0.25, 0.3) is 5.91 Å². The van der Waals surface area contributed by atoms with Crippen LogP contribution in [0.4, 0.5) is 0 Å². The van der Waals surface area contributed by atoms with E-state index in [1.165, 1.54) is 18.2 Å². The number of hydrogen-bond acceptors (Lipinski definition) is 5. The highest BCUT2D eigenvalue weighted by Gasteiger charge is 2.19. The van der Waals surface area contributed by atoms with Crippen LogP contribution >= 0.6 is 11.6 Å². The molecule has 0 bridgehead atoms. The number of halogens is 1. The largest absolute Gasteiger partial charge is 0.506 e. The molecule has 0 atom stereocenters. The molecule has 1 aliphatic heterocycles. The standard InChI is InChI=1S/C26H27ClN4O3/c1-31-12-10-20(11-13-31)29-25(33)15-17-6-7-19(22-5-3-2-4-21(17)22)16-28-30-26(34)18-8-9-24(32)23(27)14-18/h2-9,14,16,20,32H,10-13,15H2,1H3,(H,29,33)(H,30,34). The summed E-state index contributed by atoms with van der Waals surface area (Å²) in [5, 5.41) is 18.8. The Hall–Kier alpha value is -3.42. The molecule has 176 valence electrons. The predicted molar refractivity (Wildman–Crippen MR) is 134 cm³/mol. The maximum atomic E-state index is 12.7. The van der Waals surface area contributed by atoms with Gasteiger partial charge >= 0.3 is 0 Å². The molecule has 3 aromatic rings. The number of likely N-dealkylation sites (tertiary alicyclic amines) is 1. The average molecular weight is 479 g/mol. The lowest BCUT2D eigenvalue weighted by atomic mass is 9.97. The third kappa shape index (κ3) is 5.73. The summed E-state index contributed by atoms with van der Waals surface area (Å²) in [5.41, 5.74) is 4.53. The van der Waals surface area contributed by atoms with E-state index in [1.807, 2.05) is 36.4 Å². The van der Waals surface area contributed by atoms with E-state index in [1.54, 1.807) is 6.21 Å². The number of fused-ring (bicyclic) bond motifs is 1. The van der Waals surface area contributed by atoms with Gasteiger partial charge in [-0.25, -0.2) is 5.43 Å². The van der Waals surface area contributed by atoms with Gasteiger partial charge in [0.1, 0.15) is 5.75 Å². The molecular weight excluding hydrogens is 452 g/mol. The molecule has 0 saturated carbocycles. The lowest BCUT2D eigenvalue weighted by Crippen LogP contribution is -2.43. The van der Waals surface area contributed by atoms with Crippen molar-refractivity contribution in [2.24, 2.45) is 5.10 Å². The minimum Gasteiger partial charge on any atom is -0.506 e. The average Bonchev–Trinajstić information content (AvgIpc) is 2.83. The van der Waals surface area contributed by atoms with Crippen LogP contribution in [0.25, 0.3) is 10.8 Å². The quantitative estimate of drug-likeness (QED) is 0.372. The van der Waals surface area contributed by atoms with Gasteiger partial charge in [-0.1, -0.05) is 48.0 Å². The van der Waals surface area contributed by atoms with Gasteiger partial charge < -0.3 is 15.3 Å². The molecular formula is C26H27ClN4O3. The number of amides is 2. The first-order valence-corrected chi connectivity index (χ1v) is 11.6. The van der Waals surface area contributed by atoms with Crippen LogP contribution in [0.1, 0.15) is 34.3 Å². The fourth-order valence-corrected chi connectivity index (χ4v) is 4.31. The Bertz CT molecular complexity index is 1240. The third-order valence-electron chi connectivity index (χ3n) is 6.06. The number of benzene rings is 3. The summed E-state index contributed by atoms with van der Waals surface area (Å²) in [7, 11) is 2.10. The number of phenols is 1. The SMILES string of the molecule is CN1CCC(NC(=O)Cc2ccc(C=NNC(=O)c3ccc(O)c(Cl)c3)c3ccccc23)CC1. The Morgan fingerprint density at radius 1 is 1.12 bits per heavy atom. The molecule has 0 aliphatic carbocycles. The number of hydrogen-bond donors (Lipinski definition) is 3. The van der Waals surface area contributed by atoms with Crippen LogP contribution in [0.3, 0.4) is 0 Å². The van der Waals surface area contributed by atoms with Gasteiger partial charge in [0, 0.05) is 17.2 Å². The maximum absolute atomic E-state index is 12.7. The molecule has 1 saturated heterocycles. The summed E-state index contributed by atoms with van der Waals surface area (Å²) >= 11 is 5.87. The summed E-state index contributed by atoms with van der Waals surface area (Å²) < 4.78 is 0. The van der Waals surface area contributed by atoms with Crippen molar-refractivity contribution in [3.63, 3.8) is 0 Å². The van der Waals surface area contributed by atoms with Crippen molar-refractivity contribution in [3.05, 3.63) is 76.3 Å². The number of rotatable bonds is 6. The van der Waals surface area contributed by atoms with E-state index < -0.39 is 5.91 Å². The smallest absolute Gasteiger partial charge is 0.271 e. The minimum absolute atomic E-state index is 0.0287. The zero-order valence-corrected chi connectivity index (χ0v) is 19.7. The predicted octanol–water partition coefficient (Wildman–Crippen LogP) is 3.72. The van der Waals surface area contributed by atoms with Gasteiger partial charge in [-0.05, 0) is 67.5 Å². The van der Waals surface area contributed by atoms with E-state index >= 15 is 0 Å². The molecule has 2 amide bonds. The highest BCUT2D eigenvalue weighted by molar-refractivity contribution is 6.32. The van der Waals surface area contributed by atoms with Crippen LogP contribution in [0.2, 0.25) is 5.02 Å². The molecule has 1 fully saturated rings. The van der Waals surface area contributed by atoms with Crippen molar-refractivity contribution >= 4 is 40.4 Å². The van der Waals surface area contributed by atoms with Gasteiger partial charge in [-0.2, -0.15) is 5.10 Å². The van der Waals surface area contributed by atoms with Crippen molar-refractivity contribution in [1.29, 1.82) is 0 Å². The first-order chi connectivity index (χ1) is 16.4. The van der Waals surface area contributed by atoms with Crippen molar-refractivity contribution in [2.75, 3.05) is 20.1 Å². The Balaban J connectivity index is 1.45. The lowest BCUT2D eigenvalue weighted by Gasteiger charge is -2.29. The summed E-state index contributed by atoms with van der Waals surface area (Å²) in [6.07, 6.45) is 3.83. The Kier molecular flexibility index (Phi) is 7.45. The highest BCUT2D eigenvalue weighted by atomic mass is 35.5. The van der Waals surface area contributed by atoms with Crippen LogP contribution in [-0.4, -0.2) is 54.2 Å². The fourth-order valence-electron chi connectivity index (χ4n) is 4.13.